The normalized spacial score (nSPS) is 11.4. The van der Waals surface area contributed by atoms with Gasteiger partial charge in [0.15, 0.2) is 0 Å². The molecular formula is C11H13N5O4S. The second kappa shape index (κ2) is 5.89. The van der Waals surface area contributed by atoms with Crippen LogP contribution in [0.4, 0.5) is 11.4 Å². The summed E-state index contributed by atoms with van der Waals surface area (Å²) in [6, 6.07) is 3.28. The van der Waals surface area contributed by atoms with Crippen LogP contribution >= 0.6 is 0 Å². The van der Waals surface area contributed by atoms with Crippen LogP contribution in [0.15, 0.2) is 35.6 Å². The van der Waals surface area contributed by atoms with Gasteiger partial charge in [-0.2, -0.15) is 0 Å². The molecule has 1 aromatic heterocycles. The molecule has 9 nitrogen and oxygen atoms in total. The maximum absolute atomic E-state index is 12.0. The third kappa shape index (κ3) is 3.55. The number of hydrogen-bond acceptors (Lipinski definition) is 6. The van der Waals surface area contributed by atoms with Gasteiger partial charge in [-0.25, -0.2) is 18.1 Å². The number of nitrogen functional groups attached to an aromatic ring is 1. The first-order valence-corrected chi connectivity index (χ1v) is 7.39. The standard InChI is InChI=1S/C11H13N5O4S/c12-10-5-9(1-2-11(10)16(17)18)21(19,20)15-4-3-8-6-13-7-14-8/h1-2,5-7,15H,3-4,12H2,(H,13,14). The van der Waals surface area contributed by atoms with Crippen LogP contribution < -0.4 is 10.5 Å². The summed E-state index contributed by atoms with van der Waals surface area (Å²) in [6.45, 7) is 0.168. The van der Waals surface area contributed by atoms with E-state index in [1.54, 1.807) is 6.20 Å². The quantitative estimate of drug-likeness (QED) is 0.400. The third-order valence-electron chi connectivity index (χ3n) is 2.75. The molecule has 0 spiro atoms. The number of aromatic nitrogens is 2. The van der Waals surface area contributed by atoms with Crippen LogP contribution in [0.1, 0.15) is 5.69 Å². The molecule has 0 amide bonds. The largest absolute Gasteiger partial charge is 0.393 e. The number of nitro groups is 1. The highest BCUT2D eigenvalue weighted by Gasteiger charge is 2.18. The second-order valence-corrected chi connectivity index (χ2v) is 5.97. The van der Waals surface area contributed by atoms with Gasteiger partial charge in [0.25, 0.3) is 5.69 Å². The van der Waals surface area contributed by atoms with Gasteiger partial charge >= 0.3 is 0 Å². The van der Waals surface area contributed by atoms with Gasteiger partial charge in [-0.1, -0.05) is 0 Å². The van der Waals surface area contributed by atoms with Crippen LogP contribution in [0.5, 0.6) is 0 Å². The second-order valence-electron chi connectivity index (χ2n) is 4.20. The van der Waals surface area contributed by atoms with Crippen LogP contribution in [0.25, 0.3) is 0 Å². The fraction of sp³-hybridized carbons (Fsp3) is 0.182. The Morgan fingerprint density at radius 1 is 1.43 bits per heavy atom. The van der Waals surface area contributed by atoms with E-state index in [0.717, 1.165) is 23.9 Å². The Labute approximate surface area is 120 Å². The number of nitro benzene ring substituents is 1. The average molecular weight is 311 g/mol. The Hall–Kier alpha value is -2.46. The zero-order chi connectivity index (χ0) is 15.5. The molecule has 0 radical (unpaired) electrons. The molecule has 1 aromatic carbocycles. The topological polar surface area (TPSA) is 144 Å². The number of imidazole rings is 1. The molecule has 0 atom stereocenters. The minimum Gasteiger partial charge on any atom is -0.393 e. The van der Waals surface area contributed by atoms with Crippen molar-refractivity contribution < 1.29 is 13.3 Å². The molecular weight excluding hydrogens is 298 g/mol. The highest BCUT2D eigenvalue weighted by molar-refractivity contribution is 7.89. The maximum Gasteiger partial charge on any atom is 0.292 e. The summed E-state index contributed by atoms with van der Waals surface area (Å²) in [4.78, 5) is 16.5. The van der Waals surface area contributed by atoms with Crippen molar-refractivity contribution in [3.63, 3.8) is 0 Å². The lowest BCUT2D eigenvalue weighted by molar-refractivity contribution is -0.383. The van der Waals surface area contributed by atoms with E-state index in [0.29, 0.717) is 6.42 Å². The number of hydrogen-bond donors (Lipinski definition) is 3. The molecule has 0 saturated heterocycles. The Morgan fingerprint density at radius 3 is 2.76 bits per heavy atom. The number of H-pyrrole nitrogens is 1. The number of nitrogens with zero attached hydrogens (tertiary/aromatic N) is 2. The van der Waals surface area contributed by atoms with Crippen LogP contribution in [0.2, 0.25) is 0 Å². The fourth-order valence-corrected chi connectivity index (χ4v) is 2.76. The Bertz CT molecular complexity index is 742. The molecule has 21 heavy (non-hydrogen) atoms. The van der Waals surface area contributed by atoms with Gasteiger partial charge in [0.1, 0.15) is 5.69 Å². The Morgan fingerprint density at radius 2 is 2.19 bits per heavy atom. The minimum atomic E-state index is -3.77. The lowest BCUT2D eigenvalue weighted by atomic mass is 10.3. The van der Waals surface area contributed by atoms with Crippen LogP contribution in [-0.2, 0) is 16.4 Å². The smallest absolute Gasteiger partial charge is 0.292 e. The van der Waals surface area contributed by atoms with E-state index in [2.05, 4.69) is 14.7 Å². The maximum atomic E-state index is 12.0. The van der Waals surface area contributed by atoms with Crippen molar-refractivity contribution in [1.82, 2.24) is 14.7 Å². The summed E-state index contributed by atoms with van der Waals surface area (Å²) < 4.78 is 26.5. The van der Waals surface area contributed by atoms with E-state index < -0.39 is 14.9 Å². The molecule has 4 N–H and O–H groups in total. The Balaban J connectivity index is 2.08. The summed E-state index contributed by atoms with van der Waals surface area (Å²) in [6.07, 6.45) is 3.54. The molecule has 0 bridgehead atoms. The van der Waals surface area contributed by atoms with Crippen LogP contribution in [-0.4, -0.2) is 29.9 Å². The van der Waals surface area contributed by atoms with Crippen molar-refractivity contribution in [2.45, 2.75) is 11.3 Å². The van der Waals surface area contributed by atoms with Gasteiger partial charge in [-0.3, -0.25) is 10.1 Å². The van der Waals surface area contributed by atoms with E-state index >= 15 is 0 Å². The van der Waals surface area contributed by atoms with Crippen molar-refractivity contribution in [3.8, 4) is 0 Å². The van der Waals surface area contributed by atoms with Crippen molar-refractivity contribution in [2.75, 3.05) is 12.3 Å². The first kappa shape index (κ1) is 14.9. The van der Waals surface area contributed by atoms with Crippen LogP contribution in [0.3, 0.4) is 0 Å². The summed E-state index contributed by atoms with van der Waals surface area (Å²) >= 11 is 0. The van der Waals surface area contributed by atoms with Gasteiger partial charge in [0, 0.05) is 30.9 Å². The van der Waals surface area contributed by atoms with Gasteiger partial charge in [0.2, 0.25) is 10.0 Å². The number of aromatic amines is 1. The Kier molecular flexibility index (Phi) is 4.19. The summed E-state index contributed by atoms with van der Waals surface area (Å²) in [5.41, 5.74) is 5.75. The van der Waals surface area contributed by atoms with Crippen molar-refractivity contribution in [2.24, 2.45) is 0 Å². The summed E-state index contributed by atoms with van der Waals surface area (Å²) in [5.74, 6) is 0. The van der Waals surface area contributed by atoms with E-state index in [1.807, 2.05) is 0 Å². The van der Waals surface area contributed by atoms with Gasteiger partial charge in [-0.05, 0) is 12.1 Å². The highest BCUT2D eigenvalue weighted by atomic mass is 32.2. The molecule has 0 aliphatic carbocycles. The minimum absolute atomic E-state index is 0.116. The van der Waals surface area contributed by atoms with Gasteiger partial charge < -0.3 is 10.7 Å². The van der Waals surface area contributed by atoms with E-state index in [1.165, 1.54) is 6.33 Å². The number of nitrogens with one attached hydrogen (secondary N) is 2. The molecule has 112 valence electrons. The average Bonchev–Trinajstić information content (AvgIpc) is 2.91. The van der Waals surface area contributed by atoms with E-state index in [4.69, 9.17) is 5.73 Å². The molecule has 10 heteroatoms. The summed E-state index contributed by atoms with van der Waals surface area (Å²) in [5, 5.41) is 10.6. The number of sulfonamides is 1. The first-order valence-electron chi connectivity index (χ1n) is 5.91. The summed E-state index contributed by atoms with van der Waals surface area (Å²) in [7, 11) is -3.77. The fourth-order valence-electron chi connectivity index (χ4n) is 1.69. The third-order valence-corrected chi connectivity index (χ3v) is 4.21. The molecule has 0 saturated carbocycles. The first-order chi connectivity index (χ1) is 9.90. The molecule has 2 rings (SSSR count). The number of nitrogens with two attached hydrogens (primary N) is 1. The molecule has 0 unspecified atom stereocenters. The zero-order valence-corrected chi connectivity index (χ0v) is 11.6. The lowest BCUT2D eigenvalue weighted by Crippen LogP contribution is -2.26. The predicted octanol–water partition coefficient (Wildman–Crippen LogP) is 0.421. The SMILES string of the molecule is Nc1cc(S(=O)(=O)NCCc2cnc[nH]2)ccc1[N+](=O)[O-]. The number of anilines is 1. The van der Waals surface area contributed by atoms with E-state index in [9.17, 15) is 18.5 Å². The van der Waals surface area contributed by atoms with Crippen LogP contribution in [0, 0.1) is 10.1 Å². The van der Waals surface area contributed by atoms with Gasteiger partial charge in [-0.15, -0.1) is 0 Å². The lowest BCUT2D eigenvalue weighted by Gasteiger charge is -2.07. The molecule has 0 fully saturated rings. The van der Waals surface area contributed by atoms with E-state index in [-0.39, 0.29) is 22.8 Å². The van der Waals surface area contributed by atoms with Gasteiger partial charge in [0.05, 0.1) is 16.1 Å². The highest BCUT2D eigenvalue weighted by Crippen LogP contribution is 2.24. The number of rotatable bonds is 6. The molecule has 2 aromatic rings. The van der Waals surface area contributed by atoms with Crippen molar-refractivity contribution in [3.05, 3.63) is 46.5 Å². The molecule has 0 aliphatic rings. The molecule has 1 heterocycles. The predicted molar refractivity (Wildman–Crippen MR) is 75.0 cm³/mol. The monoisotopic (exact) mass is 311 g/mol. The molecule has 0 aliphatic heterocycles. The number of benzene rings is 1. The zero-order valence-electron chi connectivity index (χ0n) is 10.8. The van der Waals surface area contributed by atoms with Crippen molar-refractivity contribution >= 4 is 21.4 Å². The van der Waals surface area contributed by atoms with Crippen molar-refractivity contribution in [1.29, 1.82) is 0 Å².